The van der Waals surface area contributed by atoms with Gasteiger partial charge in [-0.1, -0.05) is 25.7 Å². The van der Waals surface area contributed by atoms with E-state index in [-0.39, 0.29) is 11.6 Å². The average molecular weight is 214 g/mol. The number of hydrogen-bond donors (Lipinski definition) is 2. The Morgan fingerprint density at radius 2 is 1.80 bits per heavy atom. The zero-order valence-electron chi connectivity index (χ0n) is 10.2. The third-order valence-electron chi connectivity index (χ3n) is 3.76. The van der Waals surface area contributed by atoms with E-state index in [1.165, 1.54) is 38.5 Å². The summed E-state index contributed by atoms with van der Waals surface area (Å²) in [7, 11) is 2.10. The molecular weight excluding hydrogens is 188 g/mol. The lowest BCUT2D eigenvalue weighted by Gasteiger charge is -2.41. The summed E-state index contributed by atoms with van der Waals surface area (Å²) >= 11 is 0. The first kappa shape index (κ1) is 12.9. The van der Waals surface area contributed by atoms with Crippen molar-refractivity contribution in [2.24, 2.45) is 5.73 Å². The van der Waals surface area contributed by atoms with Crippen molar-refractivity contribution in [1.29, 1.82) is 0 Å². The maximum Gasteiger partial charge on any atom is 0.0639 e. The number of rotatable bonds is 4. The van der Waals surface area contributed by atoms with Gasteiger partial charge < -0.3 is 10.8 Å². The molecule has 0 bridgehead atoms. The highest BCUT2D eigenvalue weighted by Crippen LogP contribution is 2.30. The van der Waals surface area contributed by atoms with E-state index in [2.05, 4.69) is 11.9 Å². The van der Waals surface area contributed by atoms with Crippen LogP contribution in [-0.2, 0) is 0 Å². The standard InChI is InChI=1S/C12H26N2O/c1-11(15)9-14(2)12(10-13)7-5-3-4-6-8-12/h11,15H,3-10,13H2,1-2H3. The Morgan fingerprint density at radius 3 is 2.20 bits per heavy atom. The molecule has 1 unspecified atom stereocenters. The van der Waals surface area contributed by atoms with Gasteiger partial charge in [0.15, 0.2) is 0 Å². The largest absolute Gasteiger partial charge is 0.392 e. The summed E-state index contributed by atoms with van der Waals surface area (Å²) in [6, 6.07) is 0. The Kier molecular flexibility index (Phi) is 5.03. The third-order valence-corrected chi connectivity index (χ3v) is 3.76. The number of aliphatic hydroxyl groups excluding tert-OH is 1. The molecule has 1 aliphatic rings. The molecule has 3 heteroatoms. The molecule has 1 aliphatic carbocycles. The quantitative estimate of drug-likeness (QED) is 0.695. The van der Waals surface area contributed by atoms with Gasteiger partial charge >= 0.3 is 0 Å². The fourth-order valence-electron chi connectivity index (χ4n) is 2.72. The Bertz CT molecular complexity index is 174. The molecule has 0 saturated heterocycles. The third kappa shape index (κ3) is 3.44. The van der Waals surface area contributed by atoms with Crippen molar-refractivity contribution in [2.45, 2.75) is 57.1 Å². The van der Waals surface area contributed by atoms with Crippen LogP contribution in [0.2, 0.25) is 0 Å². The SMILES string of the molecule is CC(O)CN(C)C1(CN)CCCCCC1. The van der Waals surface area contributed by atoms with Crippen LogP contribution in [-0.4, -0.2) is 41.8 Å². The molecule has 90 valence electrons. The van der Waals surface area contributed by atoms with Crippen LogP contribution in [0.25, 0.3) is 0 Å². The van der Waals surface area contributed by atoms with E-state index >= 15 is 0 Å². The van der Waals surface area contributed by atoms with Gasteiger partial charge in [0.05, 0.1) is 6.10 Å². The molecule has 1 rings (SSSR count). The molecule has 1 atom stereocenters. The van der Waals surface area contributed by atoms with Gasteiger partial charge in [-0.15, -0.1) is 0 Å². The molecule has 1 saturated carbocycles. The number of hydrogen-bond acceptors (Lipinski definition) is 3. The smallest absolute Gasteiger partial charge is 0.0639 e. The van der Waals surface area contributed by atoms with Crippen LogP contribution in [0.4, 0.5) is 0 Å². The molecule has 0 spiro atoms. The van der Waals surface area contributed by atoms with Crippen LogP contribution in [0, 0.1) is 0 Å². The van der Waals surface area contributed by atoms with Crippen LogP contribution >= 0.6 is 0 Å². The van der Waals surface area contributed by atoms with Gasteiger partial charge in [0.1, 0.15) is 0 Å². The van der Waals surface area contributed by atoms with Crippen molar-refractivity contribution < 1.29 is 5.11 Å². The van der Waals surface area contributed by atoms with Gasteiger partial charge in [0.25, 0.3) is 0 Å². The van der Waals surface area contributed by atoms with Gasteiger partial charge in [-0.3, -0.25) is 4.90 Å². The summed E-state index contributed by atoms with van der Waals surface area (Å²) in [6.45, 7) is 3.30. The summed E-state index contributed by atoms with van der Waals surface area (Å²) in [5.41, 5.74) is 6.11. The van der Waals surface area contributed by atoms with Gasteiger partial charge in [-0.25, -0.2) is 0 Å². The Balaban J connectivity index is 2.63. The maximum absolute atomic E-state index is 9.45. The zero-order chi connectivity index (χ0) is 11.3. The predicted molar refractivity (Wildman–Crippen MR) is 63.8 cm³/mol. The van der Waals surface area contributed by atoms with E-state index in [9.17, 15) is 5.11 Å². The van der Waals surface area contributed by atoms with E-state index in [1.807, 2.05) is 6.92 Å². The molecule has 0 aromatic rings. The predicted octanol–water partition coefficient (Wildman–Crippen LogP) is 1.35. The van der Waals surface area contributed by atoms with Crippen molar-refractivity contribution in [3.05, 3.63) is 0 Å². The van der Waals surface area contributed by atoms with Crippen LogP contribution in [0.15, 0.2) is 0 Å². The first-order chi connectivity index (χ1) is 7.10. The van der Waals surface area contributed by atoms with Gasteiger partial charge in [-0.05, 0) is 26.8 Å². The average Bonchev–Trinajstić information content (AvgIpc) is 2.42. The molecule has 0 aromatic carbocycles. The number of aliphatic hydroxyl groups is 1. The fourth-order valence-corrected chi connectivity index (χ4v) is 2.72. The lowest BCUT2D eigenvalue weighted by Crippen LogP contribution is -2.53. The van der Waals surface area contributed by atoms with Crippen molar-refractivity contribution >= 4 is 0 Å². The molecule has 1 fully saturated rings. The molecule has 0 aromatic heterocycles. The molecule has 3 nitrogen and oxygen atoms in total. The van der Waals surface area contributed by atoms with Gasteiger partial charge in [-0.2, -0.15) is 0 Å². The Morgan fingerprint density at radius 1 is 1.27 bits per heavy atom. The summed E-state index contributed by atoms with van der Waals surface area (Å²) in [4.78, 5) is 2.28. The van der Waals surface area contributed by atoms with Crippen molar-refractivity contribution in [3.63, 3.8) is 0 Å². The lowest BCUT2D eigenvalue weighted by molar-refractivity contribution is 0.0547. The summed E-state index contributed by atoms with van der Waals surface area (Å²) in [5, 5.41) is 9.45. The van der Waals surface area contributed by atoms with Crippen molar-refractivity contribution in [2.75, 3.05) is 20.1 Å². The van der Waals surface area contributed by atoms with E-state index in [1.54, 1.807) is 0 Å². The highest BCUT2D eigenvalue weighted by Gasteiger charge is 2.33. The molecule has 0 heterocycles. The molecular formula is C12H26N2O. The lowest BCUT2D eigenvalue weighted by atomic mass is 9.88. The second kappa shape index (κ2) is 5.83. The summed E-state index contributed by atoms with van der Waals surface area (Å²) in [5.74, 6) is 0. The molecule has 0 aliphatic heterocycles. The van der Waals surface area contributed by atoms with Gasteiger partial charge in [0.2, 0.25) is 0 Å². The minimum Gasteiger partial charge on any atom is -0.392 e. The van der Waals surface area contributed by atoms with Crippen molar-refractivity contribution in [3.8, 4) is 0 Å². The number of β-amino-alcohol motifs (C(OH)–C–C–N with tert-alkyl or cyclic N) is 1. The maximum atomic E-state index is 9.45. The minimum atomic E-state index is -0.262. The van der Waals surface area contributed by atoms with Crippen LogP contribution < -0.4 is 5.73 Å². The van der Waals surface area contributed by atoms with Gasteiger partial charge in [0, 0.05) is 18.6 Å². The van der Waals surface area contributed by atoms with Crippen molar-refractivity contribution in [1.82, 2.24) is 4.90 Å². The zero-order valence-corrected chi connectivity index (χ0v) is 10.2. The molecule has 0 amide bonds. The topological polar surface area (TPSA) is 49.5 Å². The molecule has 15 heavy (non-hydrogen) atoms. The molecule has 0 radical (unpaired) electrons. The van der Waals surface area contributed by atoms with E-state index in [0.29, 0.717) is 0 Å². The first-order valence-corrected chi connectivity index (χ1v) is 6.20. The number of nitrogens with two attached hydrogens (primary N) is 1. The fraction of sp³-hybridized carbons (Fsp3) is 1.00. The van der Waals surface area contributed by atoms with Crippen LogP contribution in [0.1, 0.15) is 45.4 Å². The minimum absolute atomic E-state index is 0.146. The Labute approximate surface area is 93.6 Å². The number of nitrogens with zero attached hydrogens (tertiary/aromatic N) is 1. The highest BCUT2D eigenvalue weighted by molar-refractivity contribution is 4.92. The van der Waals surface area contributed by atoms with E-state index < -0.39 is 0 Å². The van der Waals surface area contributed by atoms with Crippen LogP contribution in [0.3, 0.4) is 0 Å². The second-order valence-electron chi connectivity index (χ2n) is 5.07. The van der Waals surface area contributed by atoms with E-state index in [0.717, 1.165) is 13.1 Å². The second-order valence-corrected chi connectivity index (χ2v) is 5.07. The number of likely N-dealkylation sites (N-methyl/N-ethyl adjacent to an activating group) is 1. The molecule has 3 N–H and O–H groups in total. The normalized spacial score (nSPS) is 23.8. The monoisotopic (exact) mass is 214 g/mol. The Hall–Kier alpha value is -0.120. The summed E-state index contributed by atoms with van der Waals surface area (Å²) in [6.07, 6.45) is 7.35. The van der Waals surface area contributed by atoms with Crippen LogP contribution in [0.5, 0.6) is 0 Å². The highest BCUT2D eigenvalue weighted by atomic mass is 16.3. The summed E-state index contributed by atoms with van der Waals surface area (Å²) < 4.78 is 0. The van der Waals surface area contributed by atoms with E-state index in [4.69, 9.17) is 5.73 Å². The first-order valence-electron chi connectivity index (χ1n) is 6.20.